The highest BCUT2D eigenvalue weighted by Gasteiger charge is 2.14. The Labute approximate surface area is 106 Å². The standard InChI is InChI=1S/C8H11N3O4S2/c1-4(15-2)6(14)9-7-10-11-8(17-7)16-3-5(12)13/h4H,3H2,1-2H3,(H,12,13)(H,9,10,14). The molecule has 0 aliphatic carbocycles. The smallest absolute Gasteiger partial charge is 0.313 e. The van der Waals surface area contributed by atoms with E-state index in [0.717, 1.165) is 23.1 Å². The summed E-state index contributed by atoms with van der Waals surface area (Å²) in [6.45, 7) is 1.61. The number of nitrogens with one attached hydrogen (secondary N) is 1. The van der Waals surface area contributed by atoms with Crippen LogP contribution in [-0.4, -0.2) is 46.1 Å². The Morgan fingerprint density at radius 3 is 2.88 bits per heavy atom. The predicted molar refractivity (Wildman–Crippen MR) is 63.4 cm³/mol. The molecule has 1 aromatic rings. The minimum absolute atomic E-state index is 0.0863. The van der Waals surface area contributed by atoms with E-state index in [9.17, 15) is 9.59 Å². The number of amides is 1. The number of anilines is 1. The lowest BCUT2D eigenvalue weighted by atomic mass is 10.4. The molecule has 94 valence electrons. The average Bonchev–Trinajstić information content (AvgIpc) is 2.73. The highest BCUT2D eigenvalue weighted by Crippen LogP contribution is 2.25. The molecule has 1 unspecified atom stereocenters. The van der Waals surface area contributed by atoms with Crippen molar-refractivity contribution < 1.29 is 19.4 Å². The zero-order chi connectivity index (χ0) is 12.8. The molecule has 2 N–H and O–H groups in total. The van der Waals surface area contributed by atoms with Crippen LogP contribution in [0.1, 0.15) is 6.92 Å². The number of hydrogen-bond donors (Lipinski definition) is 2. The fourth-order valence-corrected chi connectivity index (χ4v) is 2.23. The summed E-state index contributed by atoms with van der Waals surface area (Å²) in [5.41, 5.74) is 0. The zero-order valence-corrected chi connectivity index (χ0v) is 10.8. The summed E-state index contributed by atoms with van der Waals surface area (Å²) in [6, 6.07) is 0. The van der Waals surface area contributed by atoms with E-state index in [0.29, 0.717) is 9.47 Å². The topological polar surface area (TPSA) is 101 Å². The first-order valence-corrected chi connectivity index (χ1v) is 6.35. The first-order valence-electron chi connectivity index (χ1n) is 4.54. The van der Waals surface area contributed by atoms with Crippen molar-refractivity contribution in [2.45, 2.75) is 17.4 Å². The Kier molecular flexibility index (Phi) is 5.32. The molecule has 0 spiro atoms. The van der Waals surface area contributed by atoms with Gasteiger partial charge in [0.05, 0.1) is 5.75 Å². The van der Waals surface area contributed by atoms with Gasteiger partial charge in [0.1, 0.15) is 6.10 Å². The molecule has 0 saturated carbocycles. The first kappa shape index (κ1) is 13.9. The van der Waals surface area contributed by atoms with Gasteiger partial charge in [0.25, 0.3) is 5.91 Å². The summed E-state index contributed by atoms with van der Waals surface area (Å²) in [6.07, 6.45) is -0.575. The fourth-order valence-electron chi connectivity index (χ4n) is 0.756. The van der Waals surface area contributed by atoms with Crippen LogP contribution in [0.25, 0.3) is 0 Å². The van der Waals surface area contributed by atoms with E-state index in [4.69, 9.17) is 9.84 Å². The van der Waals surface area contributed by atoms with Gasteiger partial charge in [-0.05, 0) is 6.92 Å². The van der Waals surface area contributed by atoms with Crippen molar-refractivity contribution in [1.29, 1.82) is 0 Å². The number of aliphatic carboxylic acids is 1. The third-order valence-electron chi connectivity index (χ3n) is 1.68. The van der Waals surface area contributed by atoms with Crippen LogP contribution >= 0.6 is 23.1 Å². The Hall–Kier alpha value is -1.19. The van der Waals surface area contributed by atoms with E-state index in [-0.39, 0.29) is 11.7 Å². The number of carbonyl (C=O) groups is 2. The fraction of sp³-hybridized carbons (Fsp3) is 0.500. The maximum absolute atomic E-state index is 11.4. The molecule has 0 fully saturated rings. The minimum atomic E-state index is -0.927. The molecule has 1 rings (SSSR count). The van der Waals surface area contributed by atoms with Crippen LogP contribution in [0.15, 0.2) is 4.34 Å². The Morgan fingerprint density at radius 2 is 2.29 bits per heavy atom. The number of rotatable bonds is 6. The first-order chi connectivity index (χ1) is 8.02. The van der Waals surface area contributed by atoms with Gasteiger partial charge in [-0.15, -0.1) is 10.2 Å². The van der Waals surface area contributed by atoms with Crippen LogP contribution in [0.5, 0.6) is 0 Å². The molecule has 9 heteroatoms. The molecule has 7 nitrogen and oxygen atoms in total. The van der Waals surface area contributed by atoms with Gasteiger partial charge in [0, 0.05) is 7.11 Å². The number of ether oxygens (including phenoxy) is 1. The number of nitrogens with zero attached hydrogens (tertiary/aromatic N) is 2. The molecule has 1 heterocycles. The quantitative estimate of drug-likeness (QED) is 0.582. The monoisotopic (exact) mass is 277 g/mol. The normalized spacial score (nSPS) is 12.1. The maximum atomic E-state index is 11.4. The molecular formula is C8H11N3O4S2. The Balaban J connectivity index is 2.50. The molecule has 1 atom stereocenters. The third-order valence-corrected chi connectivity index (χ3v) is 3.64. The van der Waals surface area contributed by atoms with Crippen LogP contribution in [0.4, 0.5) is 5.13 Å². The highest BCUT2D eigenvalue weighted by atomic mass is 32.2. The van der Waals surface area contributed by atoms with Gasteiger partial charge in [-0.1, -0.05) is 23.1 Å². The average molecular weight is 277 g/mol. The summed E-state index contributed by atoms with van der Waals surface area (Å²) in [7, 11) is 1.43. The van der Waals surface area contributed by atoms with Crippen LogP contribution in [0.2, 0.25) is 0 Å². The summed E-state index contributed by atoms with van der Waals surface area (Å²) < 4.78 is 5.32. The van der Waals surface area contributed by atoms with E-state index >= 15 is 0 Å². The third kappa shape index (κ3) is 4.67. The number of carboxylic acid groups (broad SMARTS) is 1. The van der Waals surface area contributed by atoms with E-state index in [1.54, 1.807) is 6.92 Å². The second kappa shape index (κ2) is 6.52. The molecule has 1 amide bonds. The number of methoxy groups -OCH3 is 1. The van der Waals surface area contributed by atoms with Gasteiger partial charge < -0.3 is 9.84 Å². The van der Waals surface area contributed by atoms with Crippen LogP contribution < -0.4 is 5.32 Å². The van der Waals surface area contributed by atoms with Crippen molar-refractivity contribution in [2.75, 3.05) is 18.2 Å². The van der Waals surface area contributed by atoms with Gasteiger partial charge >= 0.3 is 5.97 Å². The minimum Gasteiger partial charge on any atom is -0.481 e. The number of aromatic nitrogens is 2. The zero-order valence-electron chi connectivity index (χ0n) is 9.17. The maximum Gasteiger partial charge on any atom is 0.313 e. The van der Waals surface area contributed by atoms with Crippen molar-refractivity contribution in [3.05, 3.63) is 0 Å². The lowest BCUT2D eigenvalue weighted by molar-refractivity contribution is -0.134. The van der Waals surface area contributed by atoms with Gasteiger partial charge in [0.15, 0.2) is 4.34 Å². The van der Waals surface area contributed by atoms with Gasteiger partial charge in [-0.3, -0.25) is 14.9 Å². The van der Waals surface area contributed by atoms with Crippen LogP contribution in [0.3, 0.4) is 0 Å². The lowest BCUT2D eigenvalue weighted by Crippen LogP contribution is -2.26. The molecule has 0 radical (unpaired) electrons. The second-order valence-corrected chi connectivity index (χ2v) is 5.12. The largest absolute Gasteiger partial charge is 0.481 e. The van der Waals surface area contributed by atoms with Crippen molar-refractivity contribution >= 4 is 40.1 Å². The predicted octanol–water partition coefficient (Wildman–Crippen LogP) is 0.688. The van der Waals surface area contributed by atoms with Gasteiger partial charge in [-0.25, -0.2) is 0 Å². The van der Waals surface area contributed by atoms with Gasteiger partial charge in [0.2, 0.25) is 5.13 Å². The van der Waals surface area contributed by atoms with Crippen LogP contribution in [-0.2, 0) is 14.3 Å². The second-order valence-electron chi connectivity index (χ2n) is 2.92. The van der Waals surface area contributed by atoms with Crippen molar-refractivity contribution in [3.8, 4) is 0 Å². The number of carboxylic acids is 1. The van der Waals surface area contributed by atoms with E-state index < -0.39 is 12.1 Å². The van der Waals surface area contributed by atoms with E-state index in [1.165, 1.54) is 7.11 Å². The van der Waals surface area contributed by atoms with E-state index in [1.807, 2.05) is 0 Å². The number of thioether (sulfide) groups is 1. The Bertz CT molecular complexity index is 409. The van der Waals surface area contributed by atoms with E-state index in [2.05, 4.69) is 15.5 Å². The van der Waals surface area contributed by atoms with Crippen molar-refractivity contribution in [3.63, 3.8) is 0 Å². The summed E-state index contributed by atoms with van der Waals surface area (Å²) >= 11 is 2.17. The molecular weight excluding hydrogens is 266 g/mol. The van der Waals surface area contributed by atoms with Crippen molar-refractivity contribution in [2.24, 2.45) is 0 Å². The summed E-state index contributed by atoms with van der Waals surface area (Å²) in [4.78, 5) is 21.8. The number of carbonyl (C=O) groups excluding carboxylic acids is 1. The number of hydrogen-bond acceptors (Lipinski definition) is 7. The molecule has 17 heavy (non-hydrogen) atoms. The molecule has 0 bridgehead atoms. The highest BCUT2D eigenvalue weighted by molar-refractivity contribution is 8.01. The van der Waals surface area contributed by atoms with Crippen LogP contribution in [0, 0.1) is 0 Å². The van der Waals surface area contributed by atoms with Crippen molar-refractivity contribution in [1.82, 2.24) is 10.2 Å². The molecule has 0 saturated heterocycles. The molecule has 0 aliphatic rings. The lowest BCUT2D eigenvalue weighted by Gasteiger charge is -2.06. The molecule has 0 aromatic carbocycles. The Morgan fingerprint density at radius 1 is 1.59 bits per heavy atom. The molecule has 1 aromatic heterocycles. The summed E-state index contributed by atoms with van der Waals surface area (Å²) in [5, 5.41) is 18.8. The molecule has 0 aliphatic heterocycles. The summed E-state index contributed by atoms with van der Waals surface area (Å²) in [5.74, 6) is -1.33. The van der Waals surface area contributed by atoms with Gasteiger partial charge in [-0.2, -0.15) is 0 Å². The SMILES string of the molecule is COC(C)C(=O)Nc1nnc(SCC(=O)O)s1.